The number of ether oxygens (including phenoxy) is 2. The van der Waals surface area contributed by atoms with Crippen molar-refractivity contribution in [2.75, 3.05) is 20.3 Å². The molecule has 36 heavy (non-hydrogen) atoms. The minimum absolute atomic E-state index is 0.0107. The molecule has 6 aliphatic rings. The van der Waals surface area contributed by atoms with Crippen molar-refractivity contribution in [1.82, 2.24) is 0 Å². The summed E-state index contributed by atoms with van der Waals surface area (Å²) in [4.78, 5) is 0. The van der Waals surface area contributed by atoms with Crippen molar-refractivity contribution >= 4 is 0 Å². The van der Waals surface area contributed by atoms with Gasteiger partial charge in [0.2, 0.25) is 0 Å². The van der Waals surface area contributed by atoms with Gasteiger partial charge in [-0.25, -0.2) is 0 Å². The highest BCUT2D eigenvalue weighted by Gasteiger charge is 2.72. The highest BCUT2D eigenvalue weighted by Crippen LogP contribution is 2.75. The molecule has 204 valence electrons. The number of methoxy groups -OCH3 is 1. The van der Waals surface area contributed by atoms with Crippen LogP contribution in [0.15, 0.2) is 12.2 Å². The molecular formula is C30H48O6. The number of rotatable bonds is 3. The Kier molecular flexibility index (Phi) is 5.57. The van der Waals surface area contributed by atoms with Gasteiger partial charge >= 0.3 is 0 Å². The van der Waals surface area contributed by atoms with Crippen LogP contribution >= 0.6 is 0 Å². The predicted octanol–water partition coefficient (Wildman–Crippen LogP) is 3.66. The van der Waals surface area contributed by atoms with Gasteiger partial charge in [-0.3, -0.25) is 0 Å². The van der Waals surface area contributed by atoms with Crippen molar-refractivity contribution in [3.63, 3.8) is 0 Å². The van der Waals surface area contributed by atoms with Crippen LogP contribution in [0.1, 0.15) is 79.1 Å². The molecule has 6 rings (SSSR count). The van der Waals surface area contributed by atoms with Gasteiger partial charge in [-0.2, -0.15) is 0 Å². The van der Waals surface area contributed by atoms with Crippen LogP contribution in [0.3, 0.4) is 0 Å². The third kappa shape index (κ3) is 2.85. The van der Waals surface area contributed by atoms with Crippen LogP contribution in [0.5, 0.6) is 0 Å². The molecule has 1 saturated heterocycles. The fraction of sp³-hybridized carbons (Fsp3) is 0.933. The van der Waals surface area contributed by atoms with Crippen LogP contribution in [0.2, 0.25) is 0 Å². The molecular weight excluding hydrogens is 456 g/mol. The highest BCUT2D eigenvalue weighted by atomic mass is 16.7. The van der Waals surface area contributed by atoms with E-state index in [9.17, 15) is 20.4 Å². The summed E-state index contributed by atoms with van der Waals surface area (Å²) in [7, 11) is 1.79. The lowest BCUT2D eigenvalue weighted by molar-refractivity contribution is -0.297. The fourth-order valence-electron chi connectivity index (χ4n) is 11.5. The number of fused-ring (bicyclic) bond motifs is 6. The first-order valence-corrected chi connectivity index (χ1v) is 14.3. The maximum Gasteiger partial charge on any atom is 0.162 e. The molecule has 0 amide bonds. The molecule has 5 fully saturated rings. The first kappa shape index (κ1) is 25.8. The first-order valence-electron chi connectivity index (χ1n) is 14.3. The van der Waals surface area contributed by atoms with E-state index >= 15 is 0 Å². The summed E-state index contributed by atoms with van der Waals surface area (Å²) >= 11 is 0. The number of hydrogen-bond acceptors (Lipinski definition) is 6. The van der Waals surface area contributed by atoms with Crippen LogP contribution in [0, 0.1) is 50.2 Å². The van der Waals surface area contributed by atoms with E-state index in [1.807, 2.05) is 0 Å². The van der Waals surface area contributed by atoms with E-state index in [1.54, 1.807) is 7.11 Å². The maximum atomic E-state index is 11.0. The third-order valence-electron chi connectivity index (χ3n) is 13.6. The molecule has 0 aromatic rings. The molecule has 12 atom stereocenters. The Bertz CT molecular complexity index is 932. The molecule has 1 aliphatic heterocycles. The number of allylic oxidation sites excluding steroid dienone is 2. The van der Waals surface area contributed by atoms with Crippen molar-refractivity contribution < 1.29 is 29.9 Å². The lowest BCUT2D eigenvalue weighted by Gasteiger charge is -2.71. The summed E-state index contributed by atoms with van der Waals surface area (Å²) < 4.78 is 12.7. The molecule has 6 heteroatoms. The van der Waals surface area contributed by atoms with E-state index in [0.717, 1.165) is 25.7 Å². The van der Waals surface area contributed by atoms with Crippen LogP contribution in [0.25, 0.3) is 0 Å². The van der Waals surface area contributed by atoms with Gasteiger partial charge in [-0.15, -0.1) is 0 Å². The molecule has 4 N–H and O–H groups in total. The summed E-state index contributed by atoms with van der Waals surface area (Å²) in [6.45, 7) is 8.90. The molecule has 4 saturated carbocycles. The first-order chi connectivity index (χ1) is 16.9. The fourth-order valence-corrected chi connectivity index (χ4v) is 11.5. The maximum absolute atomic E-state index is 11.0. The van der Waals surface area contributed by atoms with Gasteiger partial charge in [-0.05, 0) is 90.8 Å². The normalized spacial score (nSPS) is 59.0. The standard InChI is InChI=1S/C30H48O6/c1-25-10-11-29(15-25)12-18-6-7-20-26(2)13-19(33)23(34)30(16-31,17-32)21(26)8-9-27(20,3)28(18,4)14-22(29)36-24(25)35-5/h6-7,18-24,31-34H,8-17H2,1-5H3/t18-,19-,20-,21-,22+,23-,24-,25+,26-,27-,28-,29+/m1/s1. The molecule has 0 aromatic carbocycles. The number of aliphatic hydroxyl groups is 4. The molecule has 0 unspecified atom stereocenters. The van der Waals surface area contributed by atoms with E-state index < -0.39 is 17.6 Å². The Morgan fingerprint density at radius 2 is 1.64 bits per heavy atom. The summed E-state index contributed by atoms with van der Waals surface area (Å²) in [6, 6.07) is 0. The second-order valence-corrected chi connectivity index (χ2v) is 15.0. The van der Waals surface area contributed by atoms with E-state index in [1.165, 1.54) is 19.3 Å². The molecule has 0 aromatic heterocycles. The average molecular weight is 505 g/mol. The summed E-state index contributed by atoms with van der Waals surface area (Å²) in [5.74, 6) is 0.615. The minimum atomic E-state index is -1.11. The molecule has 1 heterocycles. The van der Waals surface area contributed by atoms with Crippen molar-refractivity contribution in [3.05, 3.63) is 12.2 Å². The monoisotopic (exact) mass is 504 g/mol. The zero-order chi connectivity index (χ0) is 25.9. The lowest BCUT2D eigenvalue weighted by Crippen LogP contribution is -2.70. The molecule has 6 nitrogen and oxygen atoms in total. The lowest BCUT2D eigenvalue weighted by atomic mass is 9.34. The van der Waals surface area contributed by atoms with Gasteiger partial charge < -0.3 is 29.9 Å². The topological polar surface area (TPSA) is 99.4 Å². The van der Waals surface area contributed by atoms with Gasteiger partial charge in [-0.1, -0.05) is 39.8 Å². The van der Waals surface area contributed by atoms with Crippen molar-refractivity contribution in [2.24, 2.45) is 50.2 Å². The van der Waals surface area contributed by atoms with Gasteiger partial charge in [0.25, 0.3) is 0 Å². The van der Waals surface area contributed by atoms with E-state index in [0.29, 0.717) is 12.3 Å². The third-order valence-corrected chi connectivity index (χ3v) is 13.6. The molecule has 5 aliphatic carbocycles. The van der Waals surface area contributed by atoms with Crippen LogP contribution in [-0.4, -0.2) is 65.4 Å². The van der Waals surface area contributed by atoms with Gasteiger partial charge in [0.15, 0.2) is 6.29 Å². The second-order valence-electron chi connectivity index (χ2n) is 15.0. The molecule has 0 radical (unpaired) electrons. The Morgan fingerprint density at radius 1 is 0.917 bits per heavy atom. The van der Waals surface area contributed by atoms with Crippen molar-refractivity contribution in [1.29, 1.82) is 0 Å². The van der Waals surface area contributed by atoms with E-state index in [2.05, 4.69) is 39.8 Å². The Labute approximate surface area is 216 Å². The van der Waals surface area contributed by atoms with Crippen molar-refractivity contribution in [2.45, 2.75) is 104 Å². The van der Waals surface area contributed by atoms with Crippen molar-refractivity contribution in [3.8, 4) is 0 Å². The summed E-state index contributed by atoms with van der Waals surface area (Å²) in [6.07, 6.45) is 11.0. The van der Waals surface area contributed by atoms with Gasteiger partial charge in [0.1, 0.15) is 0 Å². The molecule has 1 spiro atoms. The molecule has 2 bridgehead atoms. The largest absolute Gasteiger partial charge is 0.396 e. The average Bonchev–Trinajstić information content (AvgIpc) is 3.13. The Balaban J connectivity index is 1.40. The van der Waals surface area contributed by atoms with E-state index in [4.69, 9.17) is 9.47 Å². The SMILES string of the molecule is CO[C@@H]1O[C@H]2C[C@]3(C)[C@H](C=C[C@@H]4[C@@]5(C)C[C@@H](O)[C@@H](O)C(CO)(CO)[C@@H]5CC[C@]43C)C[C@]23CC[C@@]1(C)C3. The van der Waals surface area contributed by atoms with Gasteiger partial charge in [0.05, 0.1) is 31.5 Å². The highest BCUT2D eigenvalue weighted by molar-refractivity contribution is 5.27. The number of hydrogen-bond donors (Lipinski definition) is 4. The smallest absolute Gasteiger partial charge is 0.162 e. The zero-order valence-corrected chi connectivity index (χ0v) is 22.9. The van der Waals surface area contributed by atoms with E-state index in [-0.39, 0.29) is 64.5 Å². The predicted molar refractivity (Wildman–Crippen MR) is 136 cm³/mol. The second kappa shape index (κ2) is 7.79. The van der Waals surface area contributed by atoms with Crippen LogP contribution < -0.4 is 0 Å². The minimum Gasteiger partial charge on any atom is -0.396 e. The van der Waals surface area contributed by atoms with Crippen LogP contribution in [-0.2, 0) is 9.47 Å². The van der Waals surface area contributed by atoms with Gasteiger partial charge in [0, 0.05) is 17.9 Å². The number of aliphatic hydroxyl groups excluding tert-OH is 4. The van der Waals surface area contributed by atoms with Crippen LogP contribution in [0.4, 0.5) is 0 Å². The Morgan fingerprint density at radius 3 is 2.31 bits per heavy atom. The summed E-state index contributed by atoms with van der Waals surface area (Å²) in [5, 5.41) is 42.9. The zero-order valence-electron chi connectivity index (χ0n) is 22.9. The summed E-state index contributed by atoms with van der Waals surface area (Å²) in [5.41, 5.74) is -1.05. The Hall–Kier alpha value is -0.500. The quantitative estimate of drug-likeness (QED) is 0.438.